The fourth-order valence-corrected chi connectivity index (χ4v) is 1.27. The summed E-state index contributed by atoms with van der Waals surface area (Å²) in [5.74, 6) is 6.57. The number of rotatable bonds is 3. The van der Waals surface area contributed by atoms with Crippen LogP contribution in [0.3, 0.4) is 0 Å². The molecule has 1 aromatic carbocycles. The molecule has 0 aliphatic rings. The van der Waals surface area contributed by atoms with Gasteiger partial charge in [0.1, 0.15) is 0 Å². The number of hydrazine groups is 1. The monoisotopic (exact) mass is 178 g/mol. The van der Waals surface area contributed by atoms with Crippen LogP contribution in [0.4, 0.5) is 5.69 Å². The zero-order chi connectivity index (χ0) is 9.84. The summed E-state index contributed by atoms with van der Waals surface area (Å²) in [4.78, 5) is 0. The average molecular weight is 178 g/mol. The molecular formula is C11H18N2. The second-order valence-corrected chi connectivity index (χ2v) is 3.80. The van der Waals surface area contributed by atoms with Crippen LogP contribution in [0.1, 0.15) is 32.3 Å². The Morgan fingerprint density at radius 2 is 1.62 bits per heavy atom. The zero-order valence-corrected chi connectivity index (χ0v) is 8.54. The van der Waals surface area contributed by atoms with Crippen molar-refractivity contribution in [2.75, 3.05) is 5.43 Å². The van der Waals surface area contributed by atoms with Crippen molar-refractivity contribution in [3.63, 3.8) is 0 Å². The summed E-state index contributed by atoms with van der Waals surface area (Å²) in [6, 6.07) is 8.27. The van der Waals surface area contributed by atoms with Gasteiger partial charge >= 0.3 is 0 Å². The summed E-state index contributed by atoms with van der Waals surface area (Å²) in [5, 5.41) is 0. The van der Waals surface area contributed by atoms with Crippen molar-refractivity contribution in [3.05, 3.63) is 29.8 Å². The molecule has 1 rings (SSSR count). The van der Waals surface area contributed by atoms with Gasteiger partial charge in [0, 0.05) is 5.69 Å². The molecule has 0 radical (unpaired) electrons. The fourth-order valence-electron chi connectivity index (χ4n) is 1.27. The summed E-state index contributed by atoms with van der Waals surface area (Å²) >= 11 is 0. The number of anilines is 1. The van der Waals surface area contributed by atoms with Crippen LogP contribution in [-0.4, -0.2) is 0 Å². The van der Waals surface area contributed by atoms with Crippen LogP contribution in [0.25, 0.3) is 0 Å². The number of hydrogen-bond acceptors (Lipinski definition) is 2. The quantitative estimate of drug-likeness (QED) is 0.551. The highest BCUT2D eigenvalue weighted by Gasteiger charge is 2.08. The van der Waals surface area contributed by atoms with E-state index in [1.54, 1.807) is 0 Å². The first-order valence-electron chi connectivity index (χ1n) is 4.71. The average Bonchev–Trinajstić information content (AvgIpc) is 2.17. The Morgan fingerprint density at radius 3 is 2.00 bits per heavy atom. The van der Waals surface area contributed by atoms with Crippen LogP contribution in [0.15, 0.2) is 24.3 Å². The lowest BCUT2D eigenvalue weighted by Gasteiger charge is -2.16. The Bertz CT molecular complexity index is 251. The third-order valence-electron chi connectivity index (χ3n) is 2.60. The van der Waals surface area contributed by atoms with Crippen LogP contribution in [-0.2, 0) is 0 Å². The van der Waals surface area contributed by atoms with Crippen LogP contribution in [0.5, 0.6) is 0 Å². The molecule has 0 spiro atoms. The lowest BCUT2D eigenvalue weighted by Crippen LogP contribution is -2.07. The highest BCUT2D eigenvalue weighted by molar-refractivity contribution is 5.43. The second kappa shape index (κ2) is 4.28. The third-order valence-corrected chi connectivity index (χ3v) is 2.60. The normalized spacial score (nSPS) is 13.0. The third kappa shape index (κ3) is 2.46. The molecule has 0 aliphatic heterocycles. The Kier molecular flexibility index (Phi) is 3.32. The zero-order valence-electron chi connectivity index (χ0n) is 8.54. The molecule has 3 N–H and O–H groups in total. The summed E-state index contributed by atoms with van der Waals surface area (Å²) in [6.07, 6.45) is 0. The maximum atomic E-state index is 5.29. The minimum atomic E-state index is 0.604. The molecule has 0 amide bonds. The Hall–Kier alpha value is -1.02. The van der Waals surface area contributed by atoms with Crippen molar-refractivity contribution in [3.8, 4) is 0 Å². The van der Waals surface area contributed by atoms with Gasteiger partial charge in [0.05, 0.1) is 0 Å². The van der Waals surface area contributed by atoms with Crippen LogP contribution >= 0.6 is 0 Å². The van der Waals surface area contributed by atoms with Gasteiger partial charge in [0.15, 0.2) is 0 Å². The number of benzene rings is 1. The molecule has 0 fully saturated rings. The molecule has 1 aromatic rings. The molecule has 0 aliphatic carbocycles. The predicted molar refractivity (Wildman–Crippen MR) is 57.5 cm³/mol. The van der Waals surface area contributed by atoms with E-state index in [1.807, 2.05) is 12.1 Å². The molecule has 2 heteroatoms. The standard InChI is InChI=1S/C11H18N2/c1-8(2)9(3)10-4-6-11(13-12)7-5-10/h4-9,13H,12H2,1-3H3. The second-order valence-electron chi connectivity index (χ2n) is 3.80. The Balaban J connectivity index is 2.79. The van der Waals surface area contributed by atoms with Crippen LogP contribution in [0.2, 0.25) is 0 Å². The fraction of sp³-hybridized carbons (Fsp3) is 0.455. The molecule has 2 nitrogen and oxygen atoms in total. The van der Waals surface area contributed by atoms with E-state index in [2.05, 4.69) is 38.3 Å². The smallest absolute Gasteiger partial charge is 0.0485 e. The number of nitrogen functional groups attached to an aromatic ring is 1. The van der Waals surface area contributed by atoms with E-state index in [0.717, 1.165) is 5.69 Å². The minimum Gasteiger partial charge on any atom is -0.324 e. The van der Waals surface area contributed by atoms with Gasteiger partial charge in [-0.2, -0.15) is 0 Å². The highest BCUT2D eigenvalue weighted by Crippen LogP contribution is 2.24. The van der Waals surface area contributed by atoms with Gasteiger partial charge in [-0.15, -0.1) is 0 Å². The minimum absolute atomic E-state index is 0.604. The maximum absolute atomic E-state index is 5.29. The van der Waals surface area contributed by atoms with Gasteiger partial charge in [-0.05, 0) is 29.5 Å². The highest BCUT2D eigenvalue weighted by atomic mass is 15.2. The van der Waals surface area contributed by atoms with Gasteiger partial charge in [-0.25, -0.2) is 0 Å². The van der Waals surface area contributed by atoms with Gasteiger partial charge in [-0.3, -0.25) is 5.84 Å². The summed E-state index contributed by atoms with van der Waals surface area (Å²) in [7, 11) is 0. The molecule has 72 valence electrons. The van der Waals surface area contributed by atoms with Gasteiger partial charge in [-0.1, -0.05) is 32.9 Å². The Morgan fingerprint density at radius 1 is 1.08 bits per heavy atom. The van der Waals surface area contributed by atoms with Crippen molar-refractivity contribution in [2.45, 2.75) is 26.7 Å². The van der Waals surface area contributed by atoms with Gasteiger partial charge in [0.2, 0.25) is 0 Å². The van der Waals surface area contributed by atoms with Crippen molar-refractivity contribution in [2.24, 2.45) is 11.8 Å². The largest absolute Gasteiger partial charge is 0.324 e. The van der Waals surface area contributed by atoms with E-state index < -0.39 is 0 Å². The number of nitrogens with two attached hydrogens (primary N) is 1. The van der Waals surface area contributed by atoms with E-state index in [1.165, 1.54) is 5.56 Å². The molecule has 1 atom stereocenters. The topological polar surface area (TPSA) is 38.0 Å². The molecule has 0 saturated carbocycles. The molecule has 13 heavy (non-hydrogen) atoms. The van der Waals surface area contributed by atoms with Crippen molar-refractivity contribution >= 4 is 5.69 Å². The van der Waals surface area contributed by atoms with Crippen LogP contribution < -0.4 is 11.3 Å². The summed E-state index contributed by atoms with van der Waals surface area (Å²) in [6.45, 7) is 6.72. The molecule has 0 bridgehead atoms. The lowest BCUT2D eigenvalue weighted by molar-refractivity contribution is 0.535. The molecule has 0 aromatic heterocycles. The first kappa shape index (κ1) is 10.1. The first-order chi connectivity index (χ1) is 6.15. The number of hydrogen-bond donors (Lipinski definition) is 2. The lowest BCUT2D eigenvalue weighted by atomic mass is 9.90. The summed E-state index contributed by atoms with van der Waals surface area (Å²) in [5.41, 5.74) is 4.95. The van der Waals surface area contributed by atoms with E-state index >= 15 is 0 Å². The predicted octanol–water partition coefficient (Wildman–Crippen LogP) is 2.73. The van der Waals surface area contributed by atoms with Gasteiger partial charge in [0.25, 0.3) is 0 Å². The van der Waals surface area contributed by atoms with Crippen molar-refractivity contribution in [1.29, 1.82) is 0 Å². The maximum Gasteiger partial charge on any atom is 0.0485 e. The van der Waals surface area contributed by atoms with Crippen molar-refractivity contribution in [1.82, 2.24) is 0 Å². The number of nitrogens with one attached hydrogen (secondary N) is 1. The SMILES string of the molecule is CC(C)C(C)c1ccc(NN)cc1. The molecule has 0 saturated heterocycles. The van der Waals surface area contributed by atoms with E-state index in [-0.39, 0.29) is 0 Å². The van der Waals surface area contributed by atoms with Crippen LogP contribution in [0, 0.1) is 5.92 Å². The van der Waals surface area contributed by atoms with Gasteiger partial charge < -0.3 is 5.43 Å². The molecule has 1 unspecified atom stereocenters. The van der Waals surface area contributed by atoms with E-state index in [0.29, 0.717) is 11.8 Å². The summed E-state index contributed by atoms with van der Waals surface area (Å²) < 4.78 is 0. The van der Waals surface area contributed by atoms with E-state index in [9.17, 15) is 0 Å². The molecule has 0 heterocycles. The molecular weight excluding hydrogens is 160 g/mol. The van der Waals surface area contributed by atoms with Crippen molar-refractivity contribution < 1.29 is 0 Å². The first-order valence-corrected chi connectivity index (χ1v) is 4.71. The Labute approximate surface area is 80.1 Å². The van der Waals surface area contributed by atoms with E-state index in [4.69, 9.17) is 5.84 Å².